The van der Waals surface area contributed by atoms with Crippen LogP contribution >= 0.6 is 34.8 Å². The fourth-order valence-corrected chi connectivity index (χ4v) is 3.36. The van der Waals surface area contributed by atoms with Gasteiger partial charge in [0.25, 0.3) is 11.8 Å². The molecule has 3 rings (SSSR count). The molecule has 8 nitrogen and oxygen atoms in total. The molecule has 35 heavy (non-hydrogen) atoms. The summed E-state index contributed by atoms with van der Waals surface area (Å²) in [4.78, 5) is 24.1. The fraction of sp³-hybridized carbons (Fsp3) is 0.125. The maximum absolute atomic E-state index is 12.1. The molecule has 0 aliphatic rings. The van der Waals surface area contributed by atoms with Crippen molar-refractivity contribution in [1.82, 2.24) is 5.43 Å². The molecule has 0 saturated carbocycles. The molecule has 3 aromatic carbocycles. The smallest absolute Gasteiger partial charge is 0.277 e. The Kier molecular flexibility index (Phi) is 9.60. The highest BCUT2D eigenvalue weighted by molar-refractivity contribution is 6.44. The Balaban J connectivity index is 1.43. The number of ether oxygens (including phenoxy) is 3. The summed E-state index contributed by atoms with van der Waals surface area (Å²) in [6.07, 6.45) is 1.44. The van der Waals surface area contributed by atoms with E-state index < -0.39 is 5.91 Å². The predicted molar refractivity (Wildman–Crippen MR) is 136 cm³/mol. The minimum Gasteiger partial charge on any atom is -0.495 e. The highest BCUT2D eigenvalue weighted by Crippen LogP contribution is 2.35. The Morgan fingerprint density at radius 1 is 0.914 bits per heavy atom. The molecule has 0 aliphatic heterocycles. The Morgan fingerprint density at radius 3 is 2.37 bits per heavy atom. The van der Waals surface area contributed by atoms with Gasteiger partial charge in [-0.2, -0.15) is 5.10 Å². The highest BCUT2D eigenvalue weighted by Gasteiger charge is 2.10. The summed E-state index contributed by atoms with van der Waals surface area (Å²) in [6, 6.07) is 16.8. The molecule has 0 aliphatic carbocycles. The Labute approximate surface area is 216 Å². The van der Waals surface area contributed by atoms with Crippen LogP contribution in [-0.2, 0) is 9.59 Å². The number of nitrogens with zero attached hydrogens (tertiary/aromatic N) is 1. The molecule has 0 radical (unpaired) electrons. The average molecular weight is 537 g/mol. The molecule has 0 fully saturated rings. The third-order valence-corrected chi connectivity index (χ3v) is 5.36. The molecular formula is C24H20Cl3N3O5. The summed E-state index contributed by atoms with van der Waals surface area (Å²) in [7, 11) is 1.53. The third kappa shape index (κ3) is 8.06. The molecule has 0 heterocycles. The largest absolute Gasteiger partial charge is 0.495 e. The van der Waals surface area contributed by atoms with Crippen LogP contribution in [0, 0.1) is 0 Å². The van der Waals surface area contributed by atoms with E-state index in [2.05, 4.69) is 15.8 Å². The first-order chi connectivity index (χ1) is 16.9. The van der Waals surface area contributed by atoms with Gasteiger partial charge in [-0.25, -0.2) is 5.43 Å². The van der Waals surface area contributed by atoms with Crippen molar-refractivity contribution >= 4 is 58.5 Å². The van der Waals surface area contributed by atoms with Crippen LogP contribution in [0.1, 0.15) is 5.56 Å². The summed E-state index contributed by atoms with van der Waals surface area (Å²) in [5, 5.41) is 7.31. The van der Waals surface area contributed by atoms with E-state index in [4.69, 9.17) is 49.0 Å². The van der Waals surface area contributed by atoms with Gasteiger partial charge in [-0.1, -0.05) is 46.9 Å². The molecular weight excluding hydrogens is 517 g/mol. The quantitative estimate of drug-likeness (QED) is 0.211. The number of hydrogen-bond donors (Lipinski definition) is 2. The number of anilines is 1. The van der Waals surface area contributed by atoms with E-state index in [1.807, 2.05) is 6.07 Å². The van der Waals surface area contributed by atoms with Gasteiger partial charge in [0.1, 0.15) is 22.3 Å². The summed E-state index contributed by atoms with van der Waals surface area (Å²) in [5.41, 5.74) is 3.59. The number of amides is 2. The molecule has 0 atom stereocenters. The van der Waals surface area contributed by atoms with E-state index in [1.54, 1.807) is 42.5 Å². The summed E-state index contributed by atoms with van der Waals surface area (Å²) in [6.45, 7) is -0.513. The standard InChI is InChI=1S/C24H20Cl3N3O5/c1-33-20-5-3-2-4-19(20)29-22(31)13-34-17-8-6-15(7-9-17)12-28-30-23(32)14-35-21-11-16(25)10-18(26)24(21)27/h2-12H,13-14H2,1H3,(H,29,31)(H,30,32)/b28-12-. The minimum atomic E-state index is -0.505. The van der Waals surface area contributed by atoms with E-state index in [0.717, 1.165) is 0 Å². The third-order valence-electron chi connectivity index (χ3n) is 4.35. The lowest BCUT2D eigenvalue weighted by atomic mass is 10.2. The second-order valence-corrected chi connectivity index (χ2v) is 8.11. The first kappa shape index (κ1) is 26.2. The lowest BCUT2D eigenvalue weighted by molar-refractivity contribution is -0.123. The summed E-state index contributed by atoms with van der Waals surface area (Å²) < 4.78 is 16.0. The van der Waals surface area contributed by atoms with Crippen LogP contribution in [0.25, 0.3) is 0 Å². The molecule has 182 valence electrons. The number of carbonyl (C=O) groups is 2. The van der Waals surface area contributed by atoms with E-state index >= 15 is 0 Å². The Morgan fingerprint density at radius 2 is 1.63 bits per heavy atom. The lowest BCUT2D eigenvalue weighted by Gasteiger charge is -2.10. The highest BCUT2D eigenvalue weighted by atomic mass is 35.5. The van der Waals surface area contributed by atoms with Gasteiger partial charge in [-0.05, 0) is 48.0 Å². The number of para-hydroxylation sites is 2. The van der Waals surface area contributed by atoms with E-state index in [-0.39, 0.29) is 34.9 Å². The van der Waals surface area contributed by atoms with Crippen molar-refractivity contribution in [3.8, 4) is 17.2 Å². The van der Waals surface area contributed by atoms with Gasteiger partial charge in [-0.15, -0.1) is 0 Å². The molecule has 0 spiro atoms. The topological polar surface area (TPSA) is 98.3 Å². The first-order valence-corrected chi connectivity index (χ1v) is 11.2. The van der Waals surface area contributed by atoms with Gasteiger partial charge in [0, 0.05) is 11.1 Å². The molecule has 0 saturated heterocycles. The maximum atomic E-state index is 12.1. The molecule has 2 N–H and O–H groups in total. The lowest BCUT2D eigenvalue weighted by Crippen LogP contribution is -2.24. The maximum Gasteiger partial charge on any atom is 0.277 e. The number of carbonyl (C=O) groups excluding carboxylic acids is 2. The van der Waals surface area contributed by atoms with Gasteiger partial charge < -0.3 is 19.5 Å². The van der Waals surface area contributed by atoms with Crippen molar-refractivity contribution in [2.24, 2.45) is 5.10 Å². The van der Waals surface area contributed by atoms with Gasteiger partial charge >= 0.3 is 0 Å². The van der Waals surface area contributed by atoms with Crippen LogP contribution in [-0.4, -0.2) is 38.4 Å². The zero-order valence-corrected chi connectivity index (χ0v) is 20.7. The minimum absolute atomic E-state index is 0.159. The Hall–Kier alpha value is -3.46. The van der Waals surface area contributed by atoms with Crippen LogP contribution in [0.2, 0.25) is 15.1 Å². The van der Waals surface area contributed by atoms with Gasteiger partial charge in [0.2, 0.25) is 0 Å². The van der Waals surface area contributed by atoms with Gasteiger partial charge in [0.05, 0.1) is 24.0 Å². The first-order valence-electron chi connectivity index (χ1n) is 10.1. The monoisotopic (exact) mass is 535 g/mol. The molecule has 0 aromatic heterocycles. The molecule has 3 aromatic rings. The van der Waals surface area contributed by atoms with E-state index in [9.17, 15) is 9.59 Å². The number of methoxy groups -OCH3 is 1. The summed E-state index contributed by atoms with van der Waals surface area (Å²) >= 11 is 17.8. The van der Waals surface area contributed by atoms with Crippen LogP contribution in [0.4, 0.5) is 5.69 Å². The fourth-order valence-electron chi connectivity index (χ4n) is 2.72. The average Bonchev–Trinajstić information content (AvgIpc) is 2.85. The molecule has 0 unspecified atom stereocenters. The summed E-state index contributed by atoms with van der Waals surface area (Å²) in [5.74, 6) is 0.406. The number of hydrogen-bond acceptors (Lipinski definition) is 6. The van der Waals surface area contributed by atoms with Crippen molar-refractivity contribution < 1.29 is 23.8 Å². The van der Waals surface area contributed by atoms with Crippen LogP contribution < -0.4 is 25.0 Å². The second-order valence-electron chi connectivity index (χ2n) is 6.89. The Bertz CT molecular complexity index is 1220. The molecule has 2 amide bonds. The van der Waals surface area contributed by atoms with Crippen molar-refractivity contribution in [2.45, 2.75) is 0 Å². The zero-order valence-electron chi connectivity index (χ0n) is 18.4. The predicted octanol–water partition coefficient (Wildman–Crippen LogP) is 5.20. The van der Waals surface area contributed by atoms with E-state index in [0.29, 0.717) is 27.8 Å². The SMILES string of the molecule is COc1ccccc1NC(=O)COc1ccc(/C=N\NC(=O)COc2cc(Cl)cc(Cl)c2Cl)cc1. The van der Waals surface area contributed by atoms with Crippen molar-refractivity contribution in [3.05, 3.63) is 81.3 Å². The van der Waals surface area contributed by atoms with Crippen molar-refractivity contribution in [2.75, 3.05) is 25.6 Å². The van der Waals surface area contributed by atoms with Crippen LogP contribution in [0.3, 0.4) is 0 Å². The number of nitrogens with one attached hydrogen (secondary N) is 2. The normalized spacial score (nSPS) is 10.6. The van der Waals surface area contributed by atoms with Crippen LogP contribution in [0.5, 0.6) is 17.2 Å². The zero-order chi connectivity index (χ0) is 25.2. The molecule has 0 bridgehead atoms. The van der Waals surface area contributed by atoms with Crippen molar-refractivity contribution in [3.63, 3.8) is 0 Å². The number of hydrazone groups is 1. The number of benzene rings is 3. The van der Waals surface area contributed by atoms with Crippen LogP contribution in [0.15, 0.2) is 65.8 Å². The van der Waals surface area contributed by atoms with Crippen molar-refractivity contribution in [1.29, 1.82) is 0 Å². The second kappa shape index (κ2) is 12.9. The van der Waals surface area contributed by atoms with Gasteiger partial charge in [-0.3, -0.25) is 9.59 Å². The van der Waals surface area contributed by atoms with Gasteiger partial charge in [0.15, 0.2) is 13.2 Å². The number of halogens is 3. The molecule has 11 heteroatoms. The number of rotatable bonds is 10. The van der Waals surface area contributed by atoms with E-state index in [1.165, 1.54) is 25.5 Å².